The second-order valence-electron chi connectivity index (χ2n) is 8.35. The van der Waals surface area contributed by atoms with Crippen molar-refractivity contribution in [2.75, 3.05) is 20.2 Å². The second-order valence-corrected chi connectivity index (χ2v) is 8.35. The first-order valence-corrected chi connectivity index (χ1v) is 10.3. The molecule has 1 aliphatic heterocycles. The van der Waals surface area contributed by atoms with Gasteiger partial charge in [-0.3, -0.25) is 4.90 Å². The molecule has 1 heterocycles. The Morgan fingerprint density at radius 1 is 1.11 bits per heavy atom. The highest BCUT2D eigenvalue weighted by molar-refractivity contribution is 5.74. The number of hydrogen-bond acceptors (Lipinski definition) is 2. The lowest BCUT2D eigenvalue weighted by atomic mass is 9.84. The van der Waals surface area contributed by atoms with E-state index in [1.807, 2.05) is 0 Å². The number of benzene rings is 2. The Morgan fingerprint density at radius 3 is 2.56 bits per heavy atom. The second kappa shape index (κ2) is 7.90. The van der Waals surface area contributed by atoms with Gasteiger partial charge in [0.1, 0.15) is 5.75 Å². The number of fused-ring (bicyclic) bond motifs is 1. The maximum absolute atomic E-state index is 5.52. The third kappa shape index (κ3) is 3.96. The quantitative estimate of drug-likeness (QED) is 0.698. The maximum atomic E-state index is 5.52. The third-order valence-corrected chi connectivity index (χ3v) is 6.50. The molecule has 27 heavy (non-hydrogen) atoms. The molecule has 0 bridgehead atoms. The summed E-state index contributed by atoms with van der Waals surface area (Å²) >= 11 is 0. The van der Waals surface area contributed by atoms with Crippen molar-refractivity contribution >= 4 is 5.57 Å². The zero-order valence-corrected chi connectivity index (χ0v) is 16.7. The van der Waals surface area contributed by atoms with Crippen LogP contribution in [0.2, 0.25) is 0 Å². The molecule has 1 fully saturated rings. The minimum absolute atomic E-state index is 0.608. The average Bonchev–Trinajstić information content (AvgIpc) is 2.98. The SMILES string of the molecule is C=C1c2cc(OC)c(C)cc2CC1CC1CCN(Cc2ccccc2)CC1. The lowest BCUT2D eigenvalue weighted by molar-refractivity contribution is 0.166. The van der Waals surface area contributed by atoms with Crippen molar-refractivity contribution in [2.24, 2.45) is 11.8 Å². The standard InChI is InChI=1S/C25H31NO/c1-18-13-23-15-22(19(2)24(23)16-25(18)27-3)14-20-9-11-26(12-10-20)17-21-7-5-4-6-8-21/h4-8,13,16,20,22H,2,9-12,14-15,17H2,1,3H3. The van der Waals surface area contributed by atoms with Gasteiger partial charge in [-0.2, -0.15) is 0 Å². The maximum Gasteiger partial charge on any atom is 0.122 e. The summed E-state index contributed by atoms with van der Waals surface area (Å²) in [7, 11) is 1.76. The minimum atomic E-state index is 0.608. The molecule has 1 unspecified atom stereocenters. The summed E-state index contributed by atoms with van der Waals surface area (Å²) in [5, 5.41) is 0. The fraction of sp³-hybridized carbons (Fsp3) is 0.440. The zero-order chi connectivity index (χ0) is 18.8. The summed E-state index contributed by atoms with van der Waals surface area (Å²) < 4.78 is 5.52. The molecule has 2 heteroatoms. The monoisotopic (exact) mass is 361 g/mol. The number of rotatable bonds is 5. The van der Waals surface area contributed by atoms with Crippen LogP contribution in [0.25, 0.3) is 5.57 Å². The molecule has 2 nitrogen and oxygen atoms in total. The van der Waals surface area contributed by atoms with Gasteiger partial charge in [-0.05, 0) is 91.4 Å². The number of piperidine rings is 1. The van der Waals surface area contributed by atoms with E-state index in [9.17, 15) is 0 Å². The fourth-order valence-corrected chi connectivity index (χ4v) is 4.89. The van der Waals surface area contributed by atoms with Gasteiger partial charge < -0.3 is 4.74 Å². The lowest BCUT2D eigenvalue weighted by Crippen LogP contribution is -2.33. The van der Waals surface area contributed by atoms with E-state index in [2.05, 4.69) is 60.9 Å². The van der Waals surface area contributed by atoms with Gasteiger partial charge in [-0.15, -0.1) is 0 Å². The molecule has 1 atom stereocenters. The first kappa shape index (κ1) is 18.3. The van der Waals surface area contributed by atoms with Gasteiger partial charge in [0, 0.05) is 6.54 Å². The Morgan fingerprint density at radius 2 is 1.85 bits per heavy atom. The van der Waals surface area contributed by atoms with E-state index in [1.165, 1.54) is 60.2 Å². The summed E-state index contributed by atoms with van der Waals surface area (Å²) in [6.07, 6.45) is 5.07. The molecule has 0 N–H and O–H groups in total. The molecule has 2 aliphatic rings. The van der Waals surface area contributed by atoms with Crippen LogP contribution >= 0.6 is 0 Å². The normalized spacial score (nSPS) is 20.7. The van der Waals surface area contributed by atoms with E-state index in [0.717, 1.165) is 24.6 Å². The van der Waals surface area contributed by atoms with E-state index in [0.29, 0.717) is 5.92 Å². The molecule has 0 spiro atoms. The van der Waals surface area contributed by atoms with Crippen LogP contribution in [0, 0.1) is 18.8 Å². The predicted molar refractivity (Wildman–Crippen MR) is 113 cm³/mol. The molecule has 0 aromatic heterocycles. The molecular formula is C25H31NO. The van der Waals surface area contributed by atoms with Crippen LogP contribution in [-0.2, 0) is 13.0 Å². The highest BCUT2D eigenvalue weighted by Gasteiger charge is 2.30. The molecule has 0 amide bonds. The predicted octanol–water partition coefficient (Wildman–Crippen LogP) is 5.49. The molecule has 1 aliphatic carbocycles. The van der Waals surface area contributed by atoms with Crippen molar-refractivity contribution in [3.8, 4) is 5.75 Å². The molecule has 2 aromatic carbocycles. The van der Waals surface area contributed by atoms with Gasteiger partial charge in [0.2, 0.25) is 0 Å². The van der Waals surface area contributed by atoms with Gasteiger partial charge >= 0.3 is 0 Å². The van der Waals surface area contributed by atoms with E-state index >= 15 is 0 Å². The number of likely N-dealkylation sites (tertiary alicyclic amines) is 1. The van der Waals surface area contributed by atoms with Crippen LogP contribution in [0.15, 0.2) is 49.0 Å². The molecule has 142 valence electrons. The Labute approximate surface area is 163 Å². The van der Waals surface area contributed by atoms with Gasteiger partial charge in [-0.1, -0.05) is 43.0 Å². The van der Waals surface area contributed by atoms with Crippen LogP contribution in [-0.4, -0.2) is 25.1 Å². The van der Waals surface area contributed by atoms with Crippen molar-refractivity contribution in [1.29, 1.82) is 0 Å². The van der Waals surface area contributed by atoms with Crippen LogP contribution in [0.3, 0.4) is 0 Å². The van der Waals surface area contributed by atoms with Crippen molar-refractivity contribution in [2.45, 2.75) is 39.2 Å². The molecule has 1 saturated heterocycles. The summed E-state index contributed by atoms with van der Waals surface area (Å²) in [4.78, 5) is 2.61. The fourth-order valence-electron chi connectivity index (χ4n) is 4.89. The van der Waals surface area contributed by atoms with Crippen LogP contribution in [0.4, 0.5) is 0 Å². The number of methoxy groups -OCH3 is 1. The van der Waals surface area contributed by atoms with Gasteiger partial charge in [0.25, 0.3) is 0 Å². The van der Waals surface area contributed by atoms with E-state index in [4.69, 9.17) is 4.74 Å². The summed E-state index contributed by atoms with van der Waals surface area (Å²) in [5.74, 6) is 2.43. The number of ether oxygens (including phenoxy) is 1. The smallest absolute Gasteiger partial charge is 0.122 e. The third-order valence-electron chi connectivity index (χ3n) is 6.50. The molecule has 2 aromatic rings. The Bertz CT molecular complexity index is 803. The van der Waals surface area contributed by atoms with Crippen molar-refractivity contribution in [3.63, 3.8) is 0 Å². The van der Waals surface area contributed by atoms with Gasteiger partial charge in [0.15, 0.2) is 0 Å². The Kier molecular flexibility index (Phi) is 5.36. The number of hydrogen-bond donors (Lipinski definition) is 0. The summed E-state index contributed by atoms with van der Waals surface area (Å²) in [6, 6.07) is 15.4. The molecule has 0 radical (unpaired) electrons. The Hall–Kier alpha value is -2.06. The van der Waals surface area contributed by atoms with Crippen molar-refractivity contribution < 1.29 is 4.74 Å². The zero-order valence-electron chi connectivity index (χ0n) is 16.7. The van der Waals surface area contributed by atoms with E-state index in [-0.39, 0.29) is 0 Å². The molecule has 4 rings (SSSR count). The van der Waals surface area contributed by atoms with Crippen molar-refractivity contribution in [3.05, 3.63) is 71.3 Å². The Balaban J connectivity index is 1.32. The lowest BCUT2D eigenvalue weighted by Gasteiger charge is -2.33. The van der Waals surface area contributed by atoms with Gasteiger partial charge in [-0.25, -0.2) is 0 Å². The number of allylic oxidation sites excluding steroid dienone is 1. The highest BCUT2D eigenvalue weighted by atomic mass is 16.5. The first-order chi connectivity index (χ1) is 13.1. The number of aryl methyl sites for hydroxylation is 1. The summed E-state index contributed by atoms with van der Waals surface area (Å²) in [5.41, 5.74) is 6.79. The van der Waals surface area contributed by atoms with Crippen LogP contribution < -0.4 is 4.74 Å². The molecule has 0 saturated carbocycles. The van der Waals surface area contributed by atoms with Crippen LogP contribution in [0.1, 0.15) is 41.5 Å². The summed E-state index contributed by atoms with van der Waals surface area (Å²) in [6.45, 7) is 10.1. The van der Waals surface area contributed by atoms with Crippen molar-refractivity contribution in [1.82, 2.24) is 4.90 Å². The van der Waals surface area contributed by atoms with Crippen LogP contribution in [0.5, 0.6) is 5.75 Å². The van der Waals surface area contributed by atoms with E-state index in [1.54, 1.807) is 7.11 Å². The molecular weight excluding hydrogens is 330 g/mol. The first-order valence-electron chi connectivity index (χ1n) is 10.3. The van der Waals surface area contributed by atoms with Gasteiger partial charge in [0.05, 0.1) is 7.11 Å². The van der Waals surface area contributed by atoms with E-state index < -0.39 is 0 Å². The number of nitrogens with zero attached hydrogens (tertiary/aromatic N) is 1. The average molecular weight is 362 g/mol. The topological polar surface area (TPSA) is 12.5 Å². The highest BCUT2D eigenvalue weighted by Crippen LogP contribution is 2.43. The minimum Gasteiger partial charge on any atom is -0.496 e. The largest absolute Gasteiger partial charge is 0.496 e.